The normalized spacial score (nSPS) is 17.3. The number of hydrogen-bond acceptors (Lipinski definition) is 3. The molecular weight excluding hydrogens is 244 g/mol. The molecule has 19 heavy (non-hydrogen) atoms. The summed E-state index contributed by atoms with van der Waals surface area (Å²) >= 11 is 0. The van der Waals surface area contributed by atoms with Gasteiger partial charge in [0.05, 0.1) is 11.7 Å². The van der Waals surface area contributed by atoms with Gasteiger partial charge in [-0.3, -0.25) is 0 Å². The number of carboxylic acid groups (broad SMARTS) is 1. The van der Waals surface area contributed by atoms with E-state index in [0.29, 0.717) is 11.7 Å². The van der Waals surface area contributed by atoms with Gasteiger partial charge in [-0.05, 0) is 30.5 Å². The third kappa shape index (κ3) is 4.24. The fraction of sp³-hybridized carbons (Fsp3) is 0.533. The molecule has 1 aromatic carbocycles. The summed E-state index contributed by atoms with van der Waals surface area (Å²) < 4.78 is 5.46. The average Bonchev–Trinajstić information content (AvgIpc) is 2.89. The van der Waals surface area contributed by atoms with Crippen LogP contribution in [0.25, 0.3) is 0 Å². The largest absolute Gasteiger partial charge is 0.491 e. The van der Waals surface area contributed by atoms with Gasteiger partial charge < -0.3 is 14.9 Å². The smallest absolute Gasteiger partial charge is 0.335 e. The molecule has 1 aliphatic carbocycles. The molecule has 0 radical (unpaired) electrons. The molecule has 0 saturated heterocycles. The summed E-state index contributed by atoms with van der Waals surface area (Å²) in [5, 5.41) is 18.8. The maximum absolute atomic E-state index is 10.8. The van der Waals surface area contributed by atoms with Gasteiger partial charge in [0.15, 0.2) is 0 Å². The molecule has 4 heteroatoms. The van der Waals surface area contributed by atoms with Crippen LogP contribution in [-0.4, -0.2) is 28.9 Å². The second kappa shape index (κ2) is 6.57. The molecule has 0 spiro atoms. The minimum absolute atomic E-state index is 0.197. The molecule has 2 rings (SSSR count). The van der Waals surface area contributed by atoms with E-state index < -0.39 is 12.1 Å². The first-order valence-electron chi connectivity index (χ1n) is 6.79. The van der Waals surface area contributed by atoms with Crippen LogP contribution in [0.2, 0.25) is 0 Å². The third-order valence-corrected chi connectivity index (χ3v) is 3.60. The van der Waals surface area contributed by atoms with Crippen molar-refractivity contribution in [2.24, 2.45) is 5.92 Å². The molecule has 1 aromatic rings. The van der Waals surface area contributed by atoms with Gasteiger partial charge in [0.1, 0.15) is 12.4 Å². The van der Waals surface area contributed by atoms with Crippen molar-refractivity contribution in [3.63, 3.8) is 0 Å². The predicted octanol–water partition coefficient (Wildman–Crippen LogP) is 2.70. The molecule has 1 unspecified atom stereocenters. The van der Waals surface area contributed by atoms with Crippen LogP contribution >= 0.6 is 0 Å². The van der Waals surface area contributed by atoms with E-state index in [1.807, 2.05) is 0 Å². The minimum Gasteiger partial charge on any atom is -0.491 e. The van der Waals surface area contributed by atoms with Crippen LogP contribution < -0.4 is 4.74 Å². The highest BCUT2D eigenvalue weighted by molar-refractivity contribution is 5.87. The van der Waals surface area contributed by atoms with Crippen LogP contribution in [0.15, 0.2) is 24.3 Å². The molecule has 104 valence electrons. The Hall–Kier alpha value is -1.55. The van der Waals surface area contributed by atoms with Crippen molar-refractivity contribution in [2.75, 3.05) is 6.61 Å². The lowest BCUT2D eigenvalue weighted by Gasteiger charge is -2.16. The summed E-state index contributed by atoms with van der Waals surface area (Å²) in [5.74, 6) is 0.131. The van der Waals surface area contributed by atoms with Crippen molar-refractivity contribution in [1.82, 2.24) is 0 Å². The lowest BCUT2D eigenvalue weighted by molar-refractivity contribution is 0.0695. The second-order valence-electron chi connectivity index (χ2n) is 5.18. The van der Waals surface area contributed by atoms with Gasteiger partial charge in [-0.2, -0.15) is 0 Å². The number of aliphatic hydroxyl groups excluding tert-OH is 1. The number of rotatable bonds is 6. The molecule has 0 aliphatic heterocycles. The molecule has 1 fully saturated rings. The first-order chi connectivity index (χ1) is 9.15. The summed E-state index contributed by atoms with van der Waals surface area (Å²) in [6.07, 6.45) is 5.23. The molecule has 0 amide bonds. The van der Waals surface area contributed by atoms with Crippen LogP contribution in [0.4, 0.5) is 0 Å². The van der Waals surface area contributed by atoms with Gasteiger partial charge in [0, 0.05) is 0 Å². The number of carboxylic acids is 1. The molecule has 2 N–H and O–H groups in total. The van der Waals surface area contributed by atoms with Crippen LogP contribution in [0.1, 0.15) is 42.5 Å². The Morgan fingerprint density at radius 1 is 1.37 bits per heavy atom. The lowest BCUT2D eigenvalue weighted by Crippen LogP contribution is -2.20. The Bertz CT molecular complexity index is 424. The fourth-order valence-electron chi connectivity index (χ4n) is 2.61. The molecule has 0 aromatic heterocycles. The number of carbonyl (C=O) groups is 1. The zero-order valence-corrected chi connectivity index (χ0v) is 10.9. The van der Waals surface area contributed by atoms with Crippen LogP contribution in [0.3, 0.4) is 0 Å². The van der Waals surface area contributed by atoms with Gasteiger partial charge >= 0.3 is 5.97 Å². The van der Waals surface area contributed by atoms with Gasteiger partial charge in [-0.25, -0.2) is 4.79 Å². The predicted molar refractivity (Wildman–Crippen MR) is 71.5 cm³/mol. The quantitative estimate of drug-likeness (QED) is 0.829. The summed E-state index contributed by atoms with van der Waals surface area (Å²) in [5.41, 5.74) is 0.197. The number of aromatic carboxylic acids is 1. The summed E-state index contributed by atoms with van der Waals surface area (Å²) in [6, 6.07) is 6.34. The zero-order chi connectivity index (χ0) is 13.7. The van der Waals surface area contributed by atoms with Crippen molar-refractivity contribution in [3.8, 4) is 5.75 Å². The van der Waals surface area contributed by atoms with Crippen molar-refractivity contribution in [3.05, 3.63) is 29.8 Å². The topological polar surface area (TPSA) is 66.8 Å². The van der Waals surface area contributed by atoms with Gasteiger partial charge in [-0.1, -0.05) is 31.7 Å². The van der Waals surface area contributed by atoms with Crippen molar-refractivity contribution in [2.45, 2.75) is 38.2 Å². The second-order valence-corrected chi connectivity index (χ2v) is 5.18. The van der Waals surface area contributed by atoms with Gasteiger partial charge in [0.25, 0.3) is 0 Å². The van der Waals surface area contributed by atoms with E-state index in [2.05, 4.69) is 0 Å². The number of ether oxygens (including phenoxy) is 1. The Kier molecular flexibility index (Phi) is 4.80. The van der Waals surface area contributed by atoms with E-state index in [1.54, 1.807) is 12.1 Å². The zero-order valence-electron chi connectivity index (χ0n) is 10.9. The first-order valence-corrected chi connectivity index (χ1v) is 6.79. The van der Waals surface area contributed by atoms with Crippen molar-refractivity contribution < 1.29 is 19.7 Å². The highest BCUT2D eigenvalue weighted by Crippen LogP contribution is 2.28. The molecule has 4 nitrogen and oxygen atoms in total. The Labute approximate surface area is 113 Å². The first kappa shape index (κ1) is 13.9. The van der Waals surface area contributed by atoms with E-state index in [1.165, 1.54) is 37.8 Å². The Morgan fingerprint density at radius 2 is 2.11 bits per heavy atom. The van der Waals surface area contributed by atoms with E-state index in [-0.39, 0.29) is 12.2 Å². The number of hydrogen-bond donors (Lipinski definition) is 2. The van der Waals surface area contributed by atoms with E-state index in [9.17, 15) is 9.90 Å². The van der Waals surface area contributed by atoms with E-state index in [4.69, 9.17) is 9.84 Å². The molecule has 1 atom stereocenters. The highest BCUT2D eigenvalue weighted by atomic mass is 16.5. The SMILES string of the molecule is O=C(O)c1cccc(OCC(O)CC2CCCC2)c1. The average molecular weight is 264 g/mol. The maximum atomic E-state index is 10.8. The summed E-state index contributed by atoms with van der Waals surface area (Å²) in [6.45, 7) is 0.222. The molecule has 0 bridgehead atoms. The number of aliphatic hydroxyl groups is 1. The fourth-order valence-corrected chi connectivity index (χ4v) is 2.61. The van der Waals surface area contributed by atoms with E-state index >= 15 is 0 Å². The van der Waals surface area contributed by atoms with Crippen molar-refractivity contribution >= 4 is 5.97 Å². The summed E-state index contributed by atoms with van der Waals surface area (Å²) in [7, 11) is 0. The molecule has 1 aliphatic rings. The monoisotopic (exact) mass is 264 g/mol. The number of benzene rings is 1. The lowest BCUT2D eigenvalue weighted by atomic mass is 10.0. The van der Waals surface area contributed by atoms with Gasteiger partial charge in [0.2, 0.25) is 0 Å². The van der Waals surface area contributed by atoms with Crippen LogP contribution in [-0.2, 0) is 0 Å². The van der Waals surface area contributed by atoms with Gasteiger partial charge in [-0.15, -0.1) is 0 Å². The molecular formula is C15H20O4. The summed E-state index contributed by atoms with van der Waals surface area (Å²) in [4.78, 5) is 10.8. The minimum atomic E-state index is -0.975. The Balaban J connectivity index is 1.80. The molecule has 1 saturated carbocycles. The Morgan fingerprint density at radius 3 is 2.79 bits per heavy atom. The standard InChI is InChI=1S/C15H20O4/c16-13(8-11-4-1-2-5-11)10-19-14-7-3-6-12(9-14)15(17)18/h3,6-7,9,11,13,16H,1-2,4-5,8,10H2,(H,17,18). The van der Waals surface area contributed by atoms with E-state index in [0.717, 1.165) is 6.42 Å². The molecule has 0 heterocycles. The van der Waals surface area contributed by atoms with Crippen LogP contribution in [0.5, 0.6) is 5.75 Å². The third-order valence-electron chi connectivity index (χ3n) is 3.60. The highest BCUT2D eigenvalue weighted by Gasteiger charge is 2.19. The van der Waals surface area contributed by atoms with Crippen LogP contribution in [0, 0.1) is 5.92 Å². The van der Waals surface area contributed by atoms with Crippen molar-refractivity contribution in [1.29, 1.82) is 0 Å². The maximum Gasteiger partial charge on any atom is 0.335 e.